The number of nitrogens with zero attached hydrogens (tertiary/aromatic N) is 4. The van der Waals surface area contributed by atoms with Gasteiger partial charge in [-0.2, -0.15) is 5.26 Å². The van der Waals surface area contributed by atoms with Crippen LogP contribution >= 0.6 is 11.3 Å². The van der Waals surface area contributed by atoms with Gasteiger partial charge in [0, 0.05) is 19.3 Å². The van der Waals surface area contributed by atoms with Gasteiger partial charge in [0.15, 0.2) is 0 Å². The number of aliphatic hydroxyl groups is 1. The van der Waals surface area contributed by atoms with Crippen LogP contribution in [0.3, 0.4) is 0 Å². The van der Waals surface area contributed by atoms with Crippen molar-refractivity contribution in [3.8, 4) is 6.07 Å². The van der Waals surface area contributed by atoms with Crippen molar-refractivity contribution in [1.82, 2.24) is 10.2 Å². The molecule has 7 nitrogen and oxygen atoms in total. The molecule has 1 heterocycles. The number of likely N-dealkylation sites (N-methyl/N-ethyl adjacent to an activating group) is 1. The second kappa shape index (κ2) is 8.92. The standard InChI is InChI=1S/C17H19N5O2S/c1-3-15-20-21-17(25-15)19-16(24)13(11-18)10-12-4-6-14(7-5-12)22(2)8-9-23/h4-7,10,23H,3,8-9H2,1-2H3,(H,19,21,24)/b13-10+. The number of anilines is 2. The second-order valence-electron chi connectivity index (χ2n) is 5.22. The minimum atomic E-state index is -0.511. The van der Waals surface area contributed by atoms with Gasteiger partial charge in [-0.15, -0.1) is 10.2 Å². The third kappa shape index (κ3) is 5.11. The fraction of sp³-hybridized carbons (Fsp3) is 0.294. The highest BCUT2D eigenvalue weighted by atomic mass is 32.1. The zero-order valence-corrected chi connectivity index (χ0v) is 14.9. The zero-order valence-electron chi connectivity index (χ0n) is 14.1. The van der Waals surface area contributed by atoms with Crippen LogP contribution in [0.5, 0.6) is 0 Å². The van der Waals surface area contributed by atoms with E-state index in [4.69, 9.17) is 5.11 Å². The van der Waals surface area contributed by atoms with Gasteiger partial charge in [0.2, 0.25) is 5.13 Å². The van der Waals surface area contributed by atoms with Crippen molar-refractivity contribution in [3.63, 3.8) is 0 Å². The van der Waals surface area contributed by atoms with Gasteiger partial charge in [0.1, 0.15) is 16.6 Å². The molecule has 2 N–H and O–H groups in total. The highest BCUT2D eigenvalue weighted by Gasteiger charge is 2.12. The van der Waals surface area contributed by atoms with E-state index >= 15 is 0 Å². The van der Waals surface area contributed by atoms with Crippen LogP contribution in [0.15, 0.2) is 29.8 Å². The molecule has 0 saturated heterocycles. The number of aryl methyl sites for hydroxylation is 1. The van der Waals surface area contributed by atoms with Gasteiger partial charge in [0.05, 0.1) is 6.61 Å². The molecule has 25 heavy (non-hydrogen) atoms. The number of aromatic nitrogens is 2. The highest BCUT2D eigenvalue weighted by Crippen LogP contribution is 2.18. The lowest BCUT2D eigenvalue weighted by Gasteiger charge is -2.17. The van der Waals surface area contributed by atoms with E-state index in [1.54, 1.807) is 0 Å². The first kappa shape index (κ1) is 18.6. The molecular weight excluding hydrogens is 338 g/mol. The summed E-state index contributed by atoms with van der Waals surface area (Å²) in [5, 5.41) is 29.8. The van der Waals surface area contributed by atoms with Gasteiger partial charge in [-0.3, -0.25) is 10.1 Å². The van der Waals surface area contributed by atoms with E-state index in [1.807, 2.05) is 49.2 Å². The molecule has 0 unspecified atom stereocenters. The number of carbonyl (C=O) groups excluding carboxylic acids is 1. The first-order chi connectivity index (χ1) is 12.1. The Balaban J connectivity index is 2.10. The SMILES string of the molecule is CCc1nnc(NC(=O)/C(C#N)=C/c2ccc(N(C)CCO)cc2)s1. The Bertz CT molecular complexity index is 792. The molecule has 2 aromatic rings. The first-order valence-corrected chi connectivity index (χ1v) is 8.56. The lowest BCUT2D eigenvalue weighted by molar-refractivity contribution is -0.112. The van der Waals surface area contributed by atoms with Crippen LogP contribution in [0.2, 0.25) is 0 Å². The summed E-state index contributed by atoms with van der Waals surface area (Å²) in [7, 11) is 1.88. The summed E-state index contributed by atoms with van der Waals surface area (Å²) in [6.07, 6.45) is 2.26. The van der Waals surface area contributed by atoms with E-state index in [2.05, 4.69) is 15.5 Å². The zero-order chi connectivity index (χ0) is 18.2. The minimum Gasteiger partial charge on any atom is -0.395 e. The molecule has 0 aliphatic carbocycles. The molecule has 0 bridgehead atoms. The molecule has 1 aromatic carbocycles. The first-order valence-electron chi connectivity index (χ1n) is 7.75. The maximum Gasteiger partial charge on any atom is 0.268 e. The Morgan fingerprint density at radius 2 is 2.12 bits per heavy atom. The predicted octanol–water partition coefficient (Wildman–Crippen LogP) is 2.07. The molecule has 130 valence electrons. The van der Waals surface area contributed by atoms with Gasteiger partial charge in [-0.05, 0) is 30.2 Å². The average Bonchev–Trinajstić information content (AvgIpc) is 3.07. The summed E-state index contributed by atoms with van der Waals surface area (Å²) in [6, 6.07) is 9.27. The number of amides is 1. The van der Waals surface area contributed by atoms with Crippen LogP contribution in [0, 0.1) is 11.3 Å². The number of hydrogen-bond acceptors (Lipinski definition) is 7. The normalized spacial score (nSPS) is 11.0. The van der Waals surface area contributed by atoms with E-state index < -0.39 is 5.91 Å². The van der Waals surface area contributed by atoms with Crippen molar-refractivity contribution in [2.45, 2.75) is 13.3 Å². The molecule has 0 spiro atoms. The molecule has 0 aliphatic heterocycles. The maximum absolute atomic E-state index is 12.2. The number of nitriles is 1. The lowest BCUT2D eigenvalue weighted by Crippen LogP contribution is -2.20. The van der Waals surface area contributed by atoms with E-state index in [0.29, 0.717) is 11.7 Å². The molecule has 0 aliphatic rings. The fourth-order valence-corrected chi connectivity index (χ4v) is 2.71. The van der Waals surface area contributed by atoms with Crippen molar-refractivity contribution in [2.24, 2.45) is 0 Å². The number of carbonyl (C=O) groups is 1. The van der Waals surface area contributed by atoms with Gasteiger partial charge < -0.3 is 10.0 Å². The third-order valence-corrected chi connectivity index (χ3v) is 4.42. The number of hydrogen-bond donors (Lipinski definition) is 2. The third-order valence-electron chi connectivity index (χ3n) is 3.44. The number of aliphatic hydroxyl groups excluding tert-OH is 1. The van der Waals surface area contributed by atoms with Crippen LogP contribution < -0.4 is 10.2 Å². The summed E-state index contributed by atoms with van der Waals surface area (Å²) >= 11 is 1.29. The Morgan fingerprint density at radius 3 is 2.68 bits per heavy atom. The van der Waals surface area contributed by atoms with E-state index in [9.17, 15) is 10.1 Å². The molecule has 0 fully saturated rings. The van der Waals surface area contributed by atoms with E-state index in [-0.39, 0.29) is 12.2 Å². The van der Waals surface area contributed by atoms with Crippen LogP contribution in [0.25, 0.3) is 6.08 Å². The van der Waals surface area contributed by atoms with Crippen molar-refractivity contribution in [1.29, 1.82) is 5.26 Å². The number of rotatable bonds is 7. The van der Waals surface area contributed by atoms with Crippen molar-refractivity contribution < 1.29 is 9.90 Å². The summed E-state index contributed by atoms with van der Waals surface area (Å²) in [4.78, 5) is 14.1. The minimum absolute atomic E-state index is 0.00953. The van der Waals surface area contributed by atoms with Crippen LogP contribution in [0.1, 0.15) is 17.5 Å². The van der Waals surface area contributed by atoms with Crippen LogP contribution in [0.4, 0.5) is 10.8 Å². The number of nitrogens with one attached hydrogen (secondary N) is 1. The molecule has 1 aromatic heterocycles. The Hall–Kier alpha value is -2.76. The molecular formula is C17H19N5O2S. The Morgan fingerprint density at radius 1 is 1.40 bits per heavy atom. The largest absolute Gasteiger partial charge is 0.395 e. The van der Waals surface area contributed by atoms with Crippen LogP contribution in [-0.4, -0.2) is 41.4 Å². The van der Waals surface area contributed by atoms with E-state index in [1.165, 1.54) is 17.4 Å². The van der Waals surface area contributed by atoms with Gasteiger partial charge in [-0.25, -0.2) is 0 Å². The van der Waals surface area contributed by atoms with Gasteiger partial charge in [-0.1, -0.05) is 30.4 Å². The smallest absolute Gasteiger partial charge is 0.268 e. The van der Waals surface area contributed by atoms with Gasteiger partial charge >= 0.3 is 0 Å². The molecule has 1 amide bonds. The fourth-order valence-electron chi connectivity index (χ4n) is 2.03. The summed E-state index contributed by atoms with van der Waals surface area (Å²) in [5.74, 6) is -0.511. The monoisotopic (exact) mass is 357 g/mol. The average molecular weight is 357 g/mol. The Labute approximate surface area is 150 Å². The molecule has 8 heteroatoms. The summed E-state index contributed by atoms with van der Waals surface area (Å²) in [6.45, 7) is 2.55. The highest BCUT2D eigenvalue weighted by molar-refractivity contribution is 7.15. The Kier molecular flexibility index (Phi) is 6.62. The predicted molar refractivity (Wildman–Crippen MR) is 98.3 cm³/mol. The molecule has 0 atom stereocenters. The van der Waals surface area contributed by atoms with Crippen molar-refractivity contribution >= 4 is 34.1 Å². The molecule has 0 saturated carbocycles. The van der Waals surface area contributed by atoms with Gasteiger partial charge in [0.25, 0.3) is 5.91 Å². The summed E-state index contributed by atoms with van der Waals surface area (Å²) in [5.41, 5.74) is 1.67. The van der Waals surface area contributed by atoms with Crippen molar-refractivity contribution in [2.75, 3.05) is 30.4 Å². The molecule has 2 rings (SSSR count). The number of benzene rings is 1. The molecule has 0 radical (unpaired) electrons. The van der Waals surface area contributed by atoms with E-state index in [0.717, 1.165) is 22.7 Å². The summed E-state index contributed by atoms with van der Waals surface area (Å²) < 4.78 is 0. The quantitative estimate of drug-likeness (QED) is 0.581. The topological polar surface area (TPSA) is 102 Å². The lowest BCUT2D eigenvalue weighted by atomic mass is 10.1. The van der Waals surface area contributed by atoms with Crippen molar-refractivity contribution in [3.05, 3.63) is 40.4 Å². The second-order valence-corrected chi connectivity index (χ2v) is 6.28. The van der Waals surface area contributed by atoms with Crippen LogP contribution in [-0.2, 0) is 11.2 Å². The maximum atomic E-state index is 12.2.